The van der Waals surface area contributed by atoms with Gasteiger partial charge < -0.3 is 10.5 Å². The number of nitrogens with zero attached hydrogens (tertiary/aromatic N) is 3. The zero-order valence-electron chi connectivity index (χ0n) is 9.29. The Kier molecular flexibility index (Phi) is 3.38. The van der Waals surface area contributed by atoms with Crippen LogP contribution in [0.15, 0.2) is 17.8 Å². The molecular weight excluding hydrogens is 240 g/mol. The molecular formula is C10H12N4O2S. The van der Waals surface area contributed by atoms with Crippen LogP contribution in [0.3, 0.4) is 0 Å². The number of aromatic nitrogens is 3. The molecule has 17 heavy (non-hydrogen) atoms. The molecule has 0 unspecified atom stereocenters. The molecule has 0 aliphatic carbocycles. The molecule has 2 heterocycles. The van der Waals surface area contributed by atoms with Crippen LogP contribution >= 0.6 is 11.3 Å². The van der Waals surface area contributed by atoms with Gasteiger partial charge in [-0.2, -0.15) is 5.10 Å². The predicted molar refractivity (Wildman–Crippen MR) is 63.8 cm³/mol. The highest BCUT2D eigenvalue weighted by Gasteiger charge is 2.16. The van der Waals surface area contributed by atoms with Crippen molar-refractivity contribution in [2.75, 3.05) is 12.3 Å². The Morgan fingerprint density at radius 1 is 1.65 bits per heavy atom. The Balaban J connectivity index is 2.16. The fourth-order valence-electron chi connectivity index (χ4n) is 1.35. The molecule has 0 bridgehead atoms. The van der Waals surface area contributed by atoms with Gasteiger partial charge in [-0.25, -0.2) is 9.78 Å². The smallest absolute Gasteiger partial charge is 0.361 e. The number of hydrogen-bond donors (Lipinski definition) is 1. The van der Waals surface area contributed by atoms with Crippen molar-refractivity contribution in [2.24, 2.45) is 0 Å². The van der Waals surface area contributed by atoms with Crippen LogP contribution in [0.2, 0.25) is 0 Å². The number of carbonyl (C=O) groups is 1. The Hall–Kier alpha value is -1.89. The molecule has 7 heteroatoms. The van der Waals surface area contributed by atoms with Crippen LogP contribution in [0.1, 0.15) is 22.4 Å². The quantitative estimate of drug-likeness (QED) is 0.825. The summed E-state index contributed by atoms with van der Waals surface area (Å²) in [4.78, 5) is 15.6. The van der Waals surface area contributed by atoms with E-state index in [1.165, 1.54) is 11.3 Å². The van der Waals surface area contributed by atoms with E-state index in [0.717, 1.165) is 5.01 Å². The number of esters is 1. The normalized spacial score (nSPS) is 10.4. The first-order valence-electron chi connectivity index (χ1n) is 5.09. The zero-order valence-corrected chi connectivity index (χ0v) is 10.1. The van der Waals surface area contributed by atoms with E-state index in [4.69, 9.17) is 10.5 Å². The predicted octanol–water partition coefficient (Wildman–Crippen LogP) is 1.15. The first-order chi connectivity index (χ1) is 8.20. The van der Waals surface area contributed by atoms with Crippen molar-refractivity contribution >= 4 is 23.0 Å². The summed E-state index contributed by atoms with van der Waals surface area (Å²) in [7, 11) is 0. The number of carbonyl (C=O) groups excluding carboxylic acids is 1. The summed E-state index contributed by atoms with van der Waals surface area (Å²) in [5, 5.41) is 6.88. The molecule has 6 nitrogen and oxygen atoms in total. The summed E-state index contributed by atoms with van der Waals surface area (Å²) in [5.74, 6) is -0.497. The second-order valence-corrected chi connectivity index (χ2v) is 4.26. The summed E-state index contributed by atoms with van der Waals surface area (Å²) in [6.45, 7) is 2.54. The molecule has 0 saturated heterocycles. The first-order valence-corrected chi connectivity index (χ1v) is 5.97. The van der Waals surface area contributed by atoms with Gasteiger partial charge in [0.2, 0.25) is 0 Å². The molecule has 2 rings (SSSR count). The number of anilines is 1. The zero-order chi connectivity index (χ0) is 12.3. The highest BCUT2D eigenvalue weighted by atomic mass is 32.1. The molecule has 0 atom stereocenters. The minimum atomic E-state index is -0.497. The summed E-state index contributed by atoms with van der Waals surface area (Å²) < 4.78 is 6.43. The van der Waals surface area contributed by atoms with Gasteiger partial charge in [0.15, 0.2) is 5.69 Å². The lowest BCUT2D eigenvalue weighted by atomic mass is 10.4. The maximum absolute atomic E-state index is 11.5. The topological polar surface area (TPSA) is 83.0 Å². The third kappa shape index (κ3) is 2.62. The van der Waals surface area contributed by atoms with Gasteiger partial charge in [0, 0.05) is 17.8 Å². The standard InChI is InChI=1S/C10H12N4O2S/c1-2-16-10(15)9-7(11)5-14(13-9)6-8-12-3-4-17-8/h3-5H,2,6,11H2,1H3. The molecule has 0 aromatic carbocycles. The Morgan fingerprint density at radius 2 is 2.47 bits per heavy atom. The lowest BCUT2D eigenvalue weighted by molar-refractivity contribution is 0.0519. The second kappa shape index (κ2) is 4.96. The average molecular weight is 252 g/mol. The summed E-state index contributed by atoms with van der Waals surface area (Å²) >= 11 is 1.52. The van der Waals surface area contributed by atoms with Crippen LogP contribution in [0.4, 0.5) is 5.69 Å². The molecule has 2 aromatic rings. The molecule has 0 spiro atoms. The number of rotatable bonds is 4. The van der Waals surface area contributed by atoms with Crippen LogP contribution in [0.25, 0.3) is 0 Å². The van der Waals surface area contributed by atoms with Crippen molar-refractivity contribution < 1.29 is 9.53 Å². The summed E-state index contributed by atoms with van der Waals surface area (Å²) in [6.07, 6.45) is 3.33. The van der Waals surface area contributed by atoms with E-state index in [1.54, 1.807) is 24.0 Å². The second-order valence-electron chi connectivity index (χ2n) is 3.28. The molecule has 0 radical (unpaired) electrons. The summed E-state index contributed by atoms with van der Waals surface area (Å²) in [5.41, 5.74) is 6.18. The Morgan fingerprint density at radius 3 is 3.12 bits per heavy atom. The van der Waals surface area contributed by atoms with Gasteiger partial charge in [0.05, 0.1) is 18.8 Å². The van der Waals surface area contributed by atoms with E-state index < -0.39 is 5.97 Å². The number of nitrogen functional groups attached to an aromatic ring is 1. The van der Waals surface area contributed by atoms with Crippen molar-refractivity contribution in [3.63, 3.8) is 0 Å². The average Bonchev–Trinajstić information content (AvgIpc) is 2.89. The van der Waals surface area contributed by atoms with Gasteiger partial charge in [0.25, 0.3) is 0 Å². The largest absolute Gasteiger partial charge is 0.461 e. The van der Waals surface area contributed by atoms with E-state index in [9.17, 15) is 4.79 Å². The maximum atomic E-state index is 11.5. The monoisotopic (exact) mass is 252 g/mol. The van der Waals surface area contributed by atoms with E-state index in [-0.39, 0.29) is 5.69 Å². The maximum Gasteiger partial charge on any atom is 0.361 e. The molecule has 0 aliphatic rings. The van der Waals surface area contributed by atoms with Crippen LogP contribution < -0.4 is 5.73 Å². The van der Waals surface area contributed by atoms with Gasteiger partial charge in [-0.15, -0.1) is 11.3 Å². The van der Waals surface area contributed by atoms with Crippen molar-refractivity contribution in [1.29, 1.82) is 0 Å². The number of ether oxygens (including phenoxy) is 1. The molecule has 0 fully saturated rings. The van der Waals surface area contributed by atoms with Crippen molar-refractivity contribution in [2.45, 2.75) is 13.5 Å². The number of hydrogen-bond acceptors (Lipinski definition) is 6. The SMILES string of the molecule is CCOC(=O)c1nn(Cc2nccs2)cc1N. The fourth-order valence-corrected chi connectivity index (χ4v) is 1.95. The van der Waals surface area contributed by atoms with E-state index >= 15 is 0 Å². The number of thiazole rings is 1. The van der Waals surface area contributed by atoms with Crippen LogP contribution in [-0.4, -0.2) is 27.3 Å². The van der Waals surface area contributed by atoms with E-state index in [1.807, 2.05) is 5.38 Å². The highest BCUT2D eigenvalue weighted by molar-refractivity contribution is 7.09. The van der Waals surface area contributed by atoms with Crippen LogP contribution in [0.5, 0.6) is 0 Å². The molecule has 0 amide bonds. The molecule has 2 N–H and O–H groups in total. The van der Waals surface area contributed by atoms with Crippen molar-refractivity contribution in [3.8, 4) is 0 Å². The molecule has 0 saturated carbocycles. The Bertz CT molecular complexity index is 506. The fraction of sp³-hybridized carbons (Fsp3) is 0.300. The van der Waals surface area contributed by atoms with Gasteiger partial charge in [-0.1, -0.05) is 0 Å². The van der Waals surface area contributed by atoms with Gasteiger partial charge in [0.1, 0.15) is 5.01 Å². The van der Waals surface area contributed by atoms with Crippen LogP contribution in [-0.2, 0) is 11.3 Å². The summed E-state index contributed by atoms with van der Waals surface area (Å²) in [6, 6.07) is 0. The van der Waals surface area contributed by atoms with Crippen molar-refractivity contribution in [1.82, 2.24) is 14.8 Å². The minimum Gasteiger partial charge on any atom is -0.461 e. The molecule has 2 aromatic heterocycles. The van der Waals surface area contributed by atoms with Crippen LogP contribution in [0, 0.1) is 0 Å². The van der Waals surface area contributed by atoms with E-state index in [2.05, 4.69) is 10.1 Å². The van der Waals surface area contributed by atoms with Gasteiger partial charge >= 0.3 is 5.97 Å². The molecule has 90 valence electrons. The molecule has 0 aliphatic heterocycles. The highest BCUT2D eigenvalue weighted by Crippen LogP contribution is 2.13. The first kappa shape index (κ1) is 11.6. The lowest BCUT2D eigenvalue weighted by Crippen LogP contribution is -2.09. The lowest BCUT2D eigenvalue weighted by Gasteiger charge is -1.98. The third-order valence-corrected chi connectivity index (χ3v) is 2.80. The Labute approximate surface area is 102 Å². The number of nitrogens with two attached hydrogens (primary N) is 1. The third-order valence-electron chi connectivity index (χ3n) is 2.04. The van der Waals surface area contributed by atoms with E-state index in [0.29, 0.717) is 18.8 Å². The van der Waals surface area contributed by atoms with Crippen molar-refractivity contribution in [3.05, 3.63) is 28.5 Å². The minimum absolute atomic E-state index is 0.156. The van der Waals surface area contributed by atoms with Gasteiger partial charge in [-0.05, 0) is 6.92 Å². The van der Waals surface area contributed by atoms with Gasteiger partial charge in [-0.3, -0.25) is 4.68 Å².